The van der Waals surface area contributed by atoms with Crippen molar-refractivity contribution < 1.29 is 30.4 Å². The first-order chi connectivity index (χ1) is 3.55. The van der Waals surface area contributed by atoms with E-state index < -0.39 is 18.0 Å². The van der Waals surface area contributed by atoms with Crippen LogP contribution in [0.2, 0.25) is 0 Å². The number of aliphatic hydroxyl groups excluding tert-OH is 1. The van der Waals surface area contributed by atoms with Crippen molar-refractivity contribution in [2.24, 2.45) is 0 Å². The topological polar surface area (TPSA) is 126 Å². The van der Waals surface area contributed by atoms with Crippen molar-refractivity contribution in [1.82, 2.24) is 0 Å². The van der Waals surface area contributed by atoms with Crippen LogP contribution in [-0.4, -0.2) is 38.8 Å². The molecule has 0 aliphatic heterocycles. The molecule has 0 saturated carbocycles. The molecule has 0 amide bonds. The Kier molecular flexibility index (Phi) is 4.56. The number of carboxylic acid groups (broad SMARTS) is 2. The molecule has 0 aromatic rings. The van der Waals surface area contributed by atoms with E-state index in [1.165, 1.54) is 0 Å². The molecular formula is C3H6O6. The second-order valence-corrected chi connectivity index (χ2v) is 1.08. The van der Waals surface area contributed by atoms with E-state index in [4.69, 9.17) is 15.3 Å². The van der Waals surface area contributed by atoms with Gasteiger partial charge < -0.3 is 20.8 Å². The van der Waals surface area contributed by atoms with Gasteiger partial charge in [-0.25, -0.2) is 9.59 Å². The minimum atomic E-state index is -2.30. The first-order valence-corrected chi connectivity index (χ1v) is 1.69. The zero-order valence-electron chi connectivity index (χ0n) is 4.24. The second-order valence-electron chi connectivity index (χ2n) is 1.08. The highest BCUT2D eigenvalue weighted by Gasteiger charge is 2.20. The quantitative estimate of drug-likeness (QED) is 0.369. The molecule has 0 heterocycles. The van der Waals surface area contributed by atoms with Crippen LogP contribution in [0.5, 0.6) is 0 Å². The van der Waals surface area contributed by atoms with E-state index in [2.05, 4.69) is 0 Å². The first kappa shape index (κ1) is 10.8. The van der Waals surface area contributed by atoms with E-state index in [1.54, 1.807) is 0 Å². The molecule has 0 spiro atoms. The van der Waals surface area contributed by atoms with Gasteiger partial charge in [0.1, 0.15) is 0 Å². The smallest absolute Gasteiger partial charge is 0.344 e. The largest absolute Gasteiger partial charge is 0.479 e. The summed E-state index contributed by atoms with van der Waals surface area (Å²) in [6.07, 6.45) is -2.30. The van der Waals surface area contributed by atoms with Gasteiger partial charge in [0.25, 0.3) is 0 Å². The molecule has 0 saturated heterocycles. The van der Waals surface area contributed by atoms with Crippen LogP contribution in [0.25, 0.3) is 0 Å². The van der Waals surface area contributed by atoms with E-state index in [0.29, 0.717) is 0 Å². The molecule has 0 aliphatic carbocycles. The van der Waals surface area contributed by atoms with Gasteiger partial charge in [-0.1, -0.05) is 0 Å². The molecule has 0 bridgehead atoms. The predicted molar refractivity (Wildman–Crippen MR) is 24.9 cm³/mol. The molecule has 0 atom stereocenters. The summed E-state index contributed by atoms with van der Waals surface area (Å²) in [4.78, 5) is 19.0. The number of carboxylic acids is 2. The second kappa shape index (κ2) is 3.81. The summed E-state index contributed by atoms with van der Waals surface area (Å²) in [6.45, 7) is 0. The Bertz CT molecular complexity index is 103. The van der Waals surface area contributed by atoms with Crippen LogP contribution in [0.3, 0.4) is 0 Å². The minimum absolute atomic E-state index is 0. The summed E-state index contributed by atoms with van der Waals surface area (Å²) in [5.74, 6) is -3.50. The molecule has 0 aliphatic rings. The van der Waals surface area contributed by atoms with Gasteiger partial charge in [-0.2, -0.15) is 0 Å². The Morgan fingerprint density at radius 2 is 1.33 bits per heavy atom. The zero-order chi connectivity index (χ0) is 6.73. The predicted octanol–water partition coefficient (Wildman–Crippen LogP) is -2.31. The third-order valence-corrected chi connectivity index (χ3v) is 0.468. The van der Waals surface area contributed by atoms with Crippen LogP contribution in [0.1, 0.15) is 0 Å². The highest BCUT2D eigenvalue weighted by atomic mass is 16.4. The van der Waals surface area contributed by atoms with Crippen molar-refractivity contribution in [3.8, 4) is 0 Å². The highest BCUT2D eigenvalue weighted by molar-refractivity contribution is 5.95. The van der Waals surface area contributed by atoms with Crippen molar-refractivity contribution in [3.05, 3.63) is 0 Å². The number of hydrogen-bond acceptors (Lipinski definition) is 3. The number of aliphatic hydroxyl groups is 1. The van der Waals surface area contributed by atoms with E-state index in [-0.39, 0.29) is 5.48 Å². The molecule has 9 heavy (non-hydrogen) atoms. The third kappa shape index (κ3) is 3.44. The molecule has 0 unspecified atom stereocenters. The molecule has 0 radical (unpaired) electrons. The summed E-state index contributed by atoms with van der Waals surface area (Å²) < 4.78 is 0. The van der Waals surface area contributed by atoms with Crippen LogP contribution in [-0.2, 0) is 9.59 Å². The summed E-state index contributed by atoms with van der Waals surface area (Å²) in [7, 11) is 0. The van der Waals surface area contributed by atoms with Gasteiger partial charge in [-0.05, 0) is 0 Å². The first-order valence-electron chi connectivity index (χ1n) is 1.69. The normalized spacial score (nSPS) is 8.22. The van der Waals surface area contributed by atoms with E-state index in [9.17, 15) is 9.59 Å². The van der Waals surface area contributed by atoms with Gasteiger partial charge in [-0.15, -0.1) is 0 Å². The maximum absolute atomic E-state index is 9.51. The lowest BCUT2D eigenvalue weighted by Gasteiger charge is -1.93. The Balaban J connectivity index is 0. The number of carbonyl (C=O) groups is 2. The Hall–Kier alpha value is -1.14. The van der Waals surface area contributed by atoms with E-state index in [1.807, 2.05) is 0 Å². The van der Waals surface area contributed by atoms with Gasteiger partial charge in [0, 0.05) is 0 Å². The molecule has 0 aromatic carbocycles. The SMILES string of the molecule is O.O=C(O)C(O)C(=O)O. The molecule has 0 fully saturated rings. The fraction of sp³-hybridized carbons (Fsp3) is 0.333. The van der Waals surface area contributed by atoms with Crippen molar-refractivity contribution in [3.63, 3.8) is 0 Å². The highest BCUT2D eigenvalue weighted by Crippen LogP contribution is 1.79. The van der Waals surface area contributed by atoms with Crippen LogP contribution >= 0.6 is 0 Å². The number of aliphatic carboxylic acids is 2. The van der Waals surface area contributed by atoms with Crippen molar-refractivity contribution in [2.75, 3.05) is 0 Å². The molecule has 54 valence electrons. The van der Waals surface area contributed by atoms with Gasteiger partial charge in [0.2, 0.25) is 6.10 Å². The number of rotatable bonds is 2. The van der Waals surface area contributed by atoms with Gasteiger partial charge >= 0.3 is 11.9 Å². The Morgan fingerprint density at radius 3 is 1.33 bits per heavy atom. The number of hydrogen-bond donors (Lipinski definition) is 3. The van der Waals surface area contributed by atoms with Gasteiger partial charge in [0.15, 0.2) is 0 Å². The lowest BCUT2D eigenvalue weighted by Crippen LogP contribution is -2.28. The van der Waals surface area contributed by atoms with E-state index >= 15 is 0 Å². The standard InChI is InChI=1S/C3H4O5.H2O/c4-1(2(5)6)3(7)8;/h1,4H,(H,5,6)(H,7,8);1H2. The van der Waals surface area contributed by atoms with Gasteiger partial charge in [-0.3, -0.25) is 0 Å². The molecule has 5 N–H and O–H groups in total. The average Bonchev–Trinajstić information content (AvgIpc) is 1.64. The maximum Gasteiger partial charge on any atom is 0.344 e. The minimum Gasteiger partial charge on any atom is -0.479 e. The summed E-state index contributed by atoms with van der Waals surface area (Å²) >= 11 is 0. The van der Waals surface area contributed by atoms with E-state index in [0.717, 1.165) is 0 Å². The summed E-state index contributed by atoms with van der Waals surface area (Å²) in [5.41, 5.74) is 0. The lowest BCUT2D eigenvalue weighted by molar-refractivity contribution is -0.160. The fourth-order valence-electron chi connectivity index (χ4n) is 0.106. The summed E-state index contributed by atoms with van der Waals surface area (Å²) in [6, 6.07) is 0. The molecular weight excluding hydrogens is 132 g/mol. The van der Waals surface area contributed by atoms with Gasteiger partial charge in [0.05, 0.1) is 0 Å². The molecule has 0 rings (SSSR count). The maximum atomic E-state index is 9.51. The monoisotopic (exact) mass is 138 g/mol. The Labute approximate surface area is 49.7 Å². The molecule has 0 aromatic heterocycles. The van der Waals surface area contributed by atoms with Crippen molar-refractivity contribution in [1.29, 1.82) is 0 Å². The summed E-state index contributed by atoms with van der Waals surface area (Å²) in [5, 5.41) is 23.4. The lowest BCUT2D eigenvalue weighted by atomic mass is 10.4. The average molecular weight is 138 g/mol. The Morgan fingerprint density at radius 1 is 1.11 bits per heavy atom. The molecule has 6 heteroatoms. The van der Waals surface area contributed by atoms with Crippen molar-refractivity contribution >= 4 is 11.9 Å². The van der Waals surface area contributed by atoms with Crippen LogP contribution in [0.15, 0.2) is 0 Å². The molecule has 6 nitrogen and oxygen atoms in total. The third-order valence-electron chi connectivity index (χ3n) is 0.468. The fourth-order valence-corrected chi connectivity index (χ4v) is 0.106. The zero-order valence-corrected chi connectivity index (χ0v) is 4.24. The van der Waals surface area contributed by atoms with Crippen molar-refractivity contribution in [2.45, 2.75) is 6.10 Å². The van der Waals surface area contributed by atoms with Crippen LogP contribution in [0, 0.1) is 0 Å². The van der Waals surface area contributed by atoms with Crippen LogP contribution in [0.4, 0.5) is 0 Å². The van der Waals surface area contributed by atoms with Crippen LogP contribution < -0.4 is 0 Å².